The molecule has 16 heavy (non-hydrogen) atoms. The van der Waals surface area contributed by atoms with Gasteiger partial charge in [0.15, 0.2) is 0 Å². The Morgan fingerprint density at radius 2 is 2.25 bits per heavy atom. The number of halogens is 1. The highest BCUT2D eigenvalue weighted by atomic mass is 79.9. The minimum absolute atomic E-state index is 0.830. The van der Waals surface area contributed by atoms with E-state index in [-0.39, 0.29) is 0 Å². The van der Waals surface area contributed by atoms with Gasteiger partial charge in [-0.1, -0.05) is 11.8 Å². The zero-order chi connectivity index (χ0) is 11.5. The molecular weight excluding hydrogens is 288 g/mol. The Labute approximate surface area is 107 Å². The molecule has 0 saturated heterocycles. The van der Waals surface area contributed by atoms with Crippen molar-refractivity contribution in [1.82, 2.24) is 19.7 Å². The highest BCUT2D eigenvalue weighted by Crippen LogP contribution is 2.26. The van der Waals surface area contributed by atoms with Crippen molar-refractivity contribution in [2.45, 2.75) is 17.7 Å². The lowest BCUT2D eigenvalue weighted by Crippen LogP contribution is -1.97. The van der Waals surface area contributed by atoms with Crippen molar-refractivity contribution in [2.24, 2.45) is 7.05 Å². The molecular formula is C10H11BrN4S. The minimum Gasteiger partial charge on any atom is -0.270 e. The maximum atomic E-state index is 4.34. The van der Waals surface area contributed by atoms with Crippen LogP contribution in [0.25, 0.3) is 0 Å². The Kier molecular flexibility index (Phi) is 3.60. The third kappa shape index (κ3) is 2.44. The van der Waals surface area contributed by atoms with Gasteiger partial charge >= 0.3 is 0 Å². The first-order valence-electron chi connectivity index (χ1n) is 4.75. The third-order valence-corrected chi connectivity index (χ3v) is 4.11. The van der Waals surface area contributed by atoms with Crippen molar-refractivity contribution in [3.8, 4) is 0 Å². The molecule has 0 saturated carbocycles. The highest BCUT2D eigenvalue weighted by molar-refractivity contribution is 9.10. The molecule has 0 atom stereocenters. The Morgan fingerprint density at radius 3 is 2.81 bits per heavy atom. The van der Waals surface area contributed by atoms with Gasteiger partial charge in [-0.05, 0) is 22.9 Å². The van der Waals surface area contributed by atoms with Crippen LogP contribution >= 0.6 is 27.7 Å². The number of aromatic nitrogens is 4. The lowest BCUT2D eigenvalue weighted by atomic mass is 10.4. The Bertz CT molecular complexity index is 483. The molecule has 0 unspecified atom stereocenters. The fourth-order valence-electron chi connectivity index (χ4n) is 1.34. The predicted octanol–water partition coefficient (Wildman–Crippen LogP) is 2.57. The van der Waals surface area contributed by atoms with Crippen LogP contribution in [0.2, 0.25) is 0 Å². The molecule has 0 aliphatic carbocycles. The second kappa shape index (κ2) is 4.97. The first-order valence-corrected chi connectivity index (χ1v) is 6.53. The molecule has 0 N–H and O–H groups in total. The van der Waals surface area contributed by atoms with Crippen molar-refractivity contribution < 1.29 is 0 Å². The topological polar surface area (TPSA) is 43.6 Å². The van der Waals surface area contributed by atoms with Crippen LogP contribution in [0.4, 0.5) is 0 Å². The summed E-state index contributed by atoms with van der Waals surface area (Å²) in [6.07, 6.45) is 5.14. The van der Waals surface area contributed by atoms with Crippen LogP contribution in [0.3, 0.4) is 0 Å². The second-order valence-electron chi connectivity index (χ2n) is 3.30. The van der Waals surface area contributed by atoms with E-state index in [2.05, 4.69) is 31.0 Å². The van der Waals surface area contributed by atoms with E-state index in [0.29, 0.717) is 0 Å². The van der Waals surface area contributed by atoms with E-state index in [9.17, 15) is 0 Å². The number of rotatable bonds is 3. The van der Waals surface area contributed by atoms with Crippen molar-refractivity contribution >= 4 is 27.7 Å². The summed E-state index contributed by atoms with van der Waals surface area (Å²) < 4.78 is 2.97. The number of thioether (sulfide) groups is 1. The van der Waals surface area contributed by atoms with Gasteiger partial charge < -0.3 is 0 Å². The van der Waals surface area contributed by atoms with Crippen LogP contribution in [0.1, 0.15) is 11.4 Å². The Morgan fingerprint density at radius 1 is 1.44 bits per heavy atom. The van der Waals surface area contributed by atoms with Crippen molar-refractivity contribution in [1.29, 1.82) is 0 Å². The first kappa shape index (κ1) is 11.6. The van der Waals surface area contributed by atoms with Crippen LogP contribution in [0, 0.1) is 6.92 Å². The Hall–Kier alpha value is -0.880. The summed E-state index contributed by atoms with van der Waals surface area (Å²) in [7, 11) is 1.95. The SMILES string of the molecule is Cc1nn(C)c(CSc2cnccn2)c1Br. The average molecular weight is 299 g/mol. The highest BCUT2D eigenvalue weighted by Gasteiger charge is 2.10. The lowest BCUT2D eigenvalue weighted by molar-refractivity contribution is 0.727. The second-order valence-corrected chi connectivity index (χ2v) is 5.09. The first-order chi connectivity index (χ1) is 7.68. The normalized spacial score (nSPS) is 10.7. The van der Waals surface area contributed by atoms with Crippen molar-refractivity contribution in [2.75, 3.05) is 0 Å². The van der Waals surface area contributed by atoms with Crippen LogP contribution in [0.5, 0.6) is 0 Å². The molecule has 0 bridgehead atoms. The van der Waals surface area contributed by atoms with E-state index in [1.807, 2.05) is 18.7 Å². The number of hydrogen-bond donors (Lipinski definition) is 0. The fourth-order valence-corrected chi connectivity index (χ4v) is 2.89. The van der Waals surface area contributed by atoms with Gasteiger partial charge in [-0.2, -0.15) is 5.10 Å². The van der Waals surface area contributed by atoms with Crippen LogP contribution in [-0.4, -0.2) is 19.7 Å². The summed E-state index contributed by atoms with van der Waals surface area (Å²) >= 11 is 5.19. The monoisotopic (exact) mass is 298 g/mol. The number of nitrogens with zero attached hydrogens (tertiary/aromatic N) is 4. The summed E-state index contributed by atoms with van der Waals surface area (Å²) in [5.74, 6) is 0.830. The molecule has 4 nitrogen and oxygen atoms in total. The number of hydrogen-bond acceptors (Lipinski definition) is 4. The molecule has 0 fully saturated rings. The predicted molar refractivity (Wildman–Crippen MR) is 67.2 cm³/mol. The summed E-state index contributed by atoms with van der Waals surface area (Å²) in [4.78, 5) is 8.24. The van der Waals surface area contributed by atoms with E-state index >= 15 is 0 Å². The van der Waals surface area contributed by atoms with Gasteiger partial charge in [0.1, 0.15) is 5.03 Å². The lowest BCUT2D eigenvalue weighted by Gasteiger charge is -2.02. The quantitative estimate of drug-likeness (QED) is 0.817. The van der Waals surface area contributed by atoms with Gasteiger partial charge in [0, 0.05) is 25.2 Å². The molecule has 0 amide bonds. The van der Waals surface area contributed by atoms with Crippen LogP contribution < -0.4 is 0 Å². The maximum absolute atomic E-state index is 4.34. The average Bonchev–Trinajstić information content (AvgIpc) is 2.53. The zero-order valence-corrected chi connectivity index (χ0v) is 11.4. The molecule has 0 spiro atoms. The van der Waals surface area contributed by atoms with Crippen molar-refractivity contribution in [3.05, 3.63) is 34.5 Å². The largest absolute Gasteiger partial charge is 0.270 e. The fraction of sp³-hybridized carbons (Fsp3) is 0.300. The van der Waals surface area contributed by atoms with Gasteiger partial charge in [0.05, 0.1) is 22.1 Å². The molecule has 2 rings (SSSR count). The molecule has 0 radical (unpaired) electrons. The number of aryl methyl sites for hydroxylation is 2. The summed E-state index contributed by atoms with van der Waals surface area (Å²) in [6, 6.07) is 0. The molecule has 6 heteroatoms. The smallest absolute Gasteiger partial charge is 0.115 e. The van der Waals surface area contributed by atoms with E-state index in [1.165, 1.54) is 0 Å². The maximum Gasteiger partial charge on any atom is 0.115 e. The van der Waals surface area contributed by atoms with Gasteiger partial charge in [0.25, 0.3) is 0 Å². The van der Waals surface area contributed by atoms with Gasteiger partial charge in [-0.15, -0.1) is 0 Å². The molecule has 2 heterocycles. The third-order valence-electron chi connectivity index (χ3n) is 2.16. The molecule has 2 aromatic rings. The Balaban J connectivity index is 2.11. The standard InChI is InChI=1S/C10H11BrN4S/c1-7-10(11)8(15(2)14-7)6-16-9-5-12-3-4-13-9/h3-5H,6H2,1-2H3. The summed E-state index contributed by atoms with van der Waals surface area (Å²) in [6.45, 7) is 1.99. The van der Waals surface area contributed by atoms with Crippen LogP contribution in [0.15, 0.2) is 28.1 Å². The molecule has 0 aliphatic rings. The van der Waals surface area contributed by atoms with Gasteiger partial charge in [0.2, 0.25) is 0 Å². The molecule has 84 valence electrons. The molecule has 0 aliphatic heterocycles. The van der Waals surface area contributed by atoms with E-state index < -0.39 is 0 Å². The zero-order valence-electron chi connectivity index (χ0n) is 9.01. The van der Waals surface area contributed by atoms with Gasteiger partial charge in [-0.3, -0.25) is 9.67 Å². The van der Waals surface area contributed by atoms with Crippen molar-refractivity contribution in [3.63, 3.8) is 0 Å². The van der Waals surface area contributed by atoms with E-state index in [1.54, 1.807) is 30.4 Å². The summed E-state index contributed by atoms with van der Waals surface area (Å²) in [5, 5.41) is 5.27. The molecule has 0 aromatic carbocycles. The summed E-state index contributed by atoms with van der Waals surface area (Å²) in [5.41, 5.74) is 2.17. The molecule has 2 aromatic heterocycles. The van der Waals surface area contributed by atoms with E-state index in [0.717, 1.165) is 26.6 Å². The minimum atomic E-state index is 0.830. The van der Waals surface area contributed by atoms with Gasteiger partial charge in [-0.25, -0.2) is 4.98 Å². The van der Waals surface area contributed by atoms with E-state index in [4.69, 9.17) is 0 Å². The van der Waals surface area contributed by atoms with Crippen LogP contribution in [-0.2, 0) is 12.8 Å².